The number of hydrogen-bond acceptors (Lipinski definition) is 6. The summed E-state index contributed by atoms with van der Waals surface area (Å²) in [5.41, 5.74) is 1.84. The van der Waals surface area contributed by atoms with E-state index in [1.807, 2.05) is 0 Å². The number of aromatic nitrogens is 2. The fourth-order valence-corrected chi connectivity index (χ4v) is 3.34. The van der Waals surface area contributed by atoms with Gasteiger partial charge >= 0.3 is 0 Å². The molecular formula is C19H13ClN4O3S. The maximum absolute atomic E-state index is 12.8. The lowest BCUT2D eigenvalue weighted by Gasteiger charge is -2.07. The third kappa shape index (κ3) is 3.47. The highest BCUT2D eigenvalue weighted by molar-refractivity contribution is 7.08. The van der Waals surface area contributed by atoms with E-state index < -0.39 is 11.8 Å². The highest BCUT2D eigenvalue weighted by Crippen LogP contribution is 2.32. The zero-order valence-corrected chi connectivity index (χ0v) is 16.1. The number of rotatable bonds is 4. The number of fused-ring (bicyclic) bond motifs is 1. The number of halogens is 1. The topological polar surface area (TPSA) is 97.1 Å². The summed E-state index contributed by atoms with van der Waals surface area (Å²) in [4.78, 5) is 25.8. The summed E-state index contributed by atoms with van der Waals surface area (Å²) < 4.78 is 9.50. The molecule has 9 heteroatoms. The van der Waals surface area contributed by atoms with Crippen LogP contribution < -0.4 is 10.6 Å². The number of furan rings is 1. The molecule has 0 fully saturated rings. The molecule has 0 radical (unpaired) electrons. The average molecular weight is 413 g/mol. The molecule has 0 unspecified atom stereocenters. The molecule has 0 saturated heterocycles. The van der Waals surface area contributed by atoms with E-state index in [9.17, 15) is 9.59 Å². The third-order valence-electron chi connectivity index (χ3n) is 4.00. The lowest BCUT2D eigenvalue weighted by molar-refractivity contribution is 0.1000. The van der Waals surface area contributed by atoms with Gasteiger partial charge in [-0.2, -0.15) is 0 Å². The molecule has 7 nitrogen and oxygen atoms in total. The summed E-state index contributed by atoms with van der Waals surface area (Å²) in [6.07, 6.45) is 0. The monoisotopic (exact) mass is 412 g/mol. The Labute approximate surface area is 168 Å². The van der Waals surface area contributed by atoms with Crippen LogP contribution in [0.5, 0.6) is 0 Å². The Kier molecular flexibility index (Phi) is 4.81. The van der Waals surface area contributed by atoms with Crippen molar-refractivity contribution in [2.75, 3.05) is 10.6 Å². The molecule has 0 aliphatic carbocycles. The fourth-order valence-electron chi connectivity index (χ4n) is 2.66. The quantitative estimate of drug-likeness (QED) is 0.504. The first-order chi connectivity index (χ1) is 13.5. The van der Waals surface area contributed by atoms with Gasteiger partial charge < -0.3 is 15.1 Å². The predicted molar refractivity (Wildman–Crippen MR) is 108 cm³/mol. The van der Waals surface area contributed by atoms with Crippen LogP contribution in [0.1, 0.15) is 25.9 Å². The number of hydrogen-bond donors (Lipinski definition) is 2. The Bertz CT molecular complexity index is 1180. The standard InChI is InChI=1S/C19H13ClN4O3S/c1-10-17(28-24-23-10)19(26)22-15-13-4-2-3-5-14(13)27-16(15)18(25)21-12-8-6-11(20)7-9-12/h2-9H,1H3,(H,21,25)(H,22,26). The lowest BCUT2D eigenvalue weighted by atomic mass is 10.2. The van der Waals surface area contributed by atoms with Crippen molar-refractivity contribution < 1.29 is 14.0 Å². The Balaban J connectivity index is 1.70. The number of benzene rings is 2. The summed E-state index contributed by atoms with van der Waals surface area (Å²) in [6.45, 7) is 1.69. The van der Waals surface area contributed by atoms with Gasteiger partial charge in [0.25, 0.3) is 11.8 Å². The van der Waals surface area contributed by atoms with Crippen LogP contribution in [0.3, 0.4) is 0 Å². The van der Waals surface area contributed by atoms with Crippen LogP contribution in [0.25, 0.3) is 11.0 Å². The molecule has 2 aromatic heterocycles. The van der Waals surface area contributed by atoms with Crippen molar-refractivity contribution in [3.8, 4) is 0 Å². The second-order valence-electron chi connectivity index (χ2n) is 5.90. The van der Waals surface area contributed by atoms with Crippen LogP contribution in [-0.2, 0) is 0 Å². The van der Waals surface area contributed by atoms with Crippen LogP contribution in [0, 0.1) is 6.92 Å². The van der Waals surface area contributed by atoms with Crippen LogP contribution in [0.4, 0.5) is 11.4 Å². The van der Waals surface area contributed by atoms with E-state index >= 15 is 0 Å². The van der Waals surface area contributed by atoms with E-state index in [1.165, 1.54) is 0 Å². The molecule has 0 spiro atoms. The van der Waals surface area contributed by atoms with Crippen molar-refractivity contribution in [2.45, 2.75) is 6.92 Å². The predicted octanol–water partition coefficient (Wildman–Crippen LogP) is 4.75. The van der Waals surface area contributed by atoms with Gasteiger partial charge in [0.2, 0.25) is 5.76 Å². The van der Waals surface area contributed by atoms with Crippen LogP contribution in [0.15, 0.2) is 52.9 Å². The van der Waals surface area contributed by atoms with Crippen LogP contribution >= 0.6 is 23.1 Å². The first kappa shape index (κ1) is 18.1. The third-order valence-corrected chi connectivity index (χ3v) is 5.08. The first-order valence-electron chi connectivity index (χ1n) is 8.21. The molecule has 4 aromatic rings. The summed E-state index contributed by atoms with van der Waals surface area (Å²) in [5.74, 6) is -0.896. The van der Waals surface area contributed by atoms with Crippen molar-refractivity contribution >= 4 is 57.3 Å². The van der Waals surface area contributed by atoms with Gasteiger partial charge in [0.1, 0.15) is 16.1 Å². The van der Waals surface area contributed by atoms with Crippen molar-refractivity contribution in [3.05, 3.63) is 69.9 Å². The van der Waals surface area contributed by atoms with Gasteiger partial charge in [-0.1, -0.05) is 28.2 Å². The van der Waals surface area contributed by atoms with E-state index in [-0.39, 0.29) is 5.76 Å². The number of carbonyl (C=O) groups excluding carboxylic acids is 2. The molecular weight excluding hydrogens is 400 g/mol. The van der Waals surface area contributed by atoms with Crippen molar-refractivity contribution in [1.82, 2.24) is 9.59 Å². The highest BCUT2D eigenvalue weighted by atomic mass is 35.5. The number of nitrogens with one attached hydrogen (secondary N) is 2. The first-order valence-corrected chi connectivity index (χ1v) is 9.37. The zero-order chi connectivity index (χ0) is 19.7. The number of nitrogens with zero attached hydrogens (tertiary/aromatic N) is 2. The molecule has 2 N–H and O–H groups in total. The molecule has 2 heterocycles. The molecule has 0 saturated carbocycles. The Morgan fingerprint density at radius 3 is 2.50 bits per heavy atom. The minimum atomic E-state index is -0.493. The number of para-hydroxylation sites is 1. The molecule has 0 atom stereocenters. The minimum Gasteiger partial charge on any atom is -0.449 e. The Morgan fingerprint density at radius 1 is 1.04 bits per heavy atom. The molecule has 0 aliphatic heterocycles. The maximum Gasteiger partial charge on any atom is 0.293 e. The van der Waals surface area contributed by atoms with Crippen molar-refractivity contribution in [3.63, 3.8) is 0 Å². The molecule has 0 aliphatic rings. The summed E-state index contributed by atoms with van der Waals surface area (Å²) in [5, 5.41) is 10.5. The second-order valence-corrected chi connectivity index (χ2v) is 7.10. The molecule has 140 valence electrons. The van der Waals surface area contributed by atoms with Gasteiger partial charge in [0.15, 0.2) is 0 Å². The largest absolute Gasteiger partial charge is 0.449 e. The van der Waals surface area contributed by atoms with Crippen LogP contribution in [0.2, 0.25) is 5.02 Å². The number of amides is 2. The summed E-state index contributed by atoms with van der Waals surface area (Å²) in [6, 6.07) is 13.8. The molecule has 2 amide bonds. The van der Waals surface area contributed by atoms with Gasteiger partial charge in [-0.05, 0) is 54.9 Å². The Morgan fingerprint density at radius 2 is 1.79 bits per heavy atom. The van der Waals surface area contributed by atoms with Gasteiger partial charge in [0.05, 0.1) is 5.69 Å². The lowest BCUT2D eigenvalue weighted by Crippen LogP contribution is -2.17. The Hall–Kier alpha value is -3.23. The normalized spacial score (nSPS) is 10.8. The van der Waals surface area contributed by atoms with Crippen molar-refractivity contribution in [1.29, 1.82) is 0 Å². The number of aryl methyl sites for hydroxylation is 1. The summed E-state index contributed by atoms with van der Waals surface area (Å²) >= 11 is 6.86. The smallest absolute Gasteiger partial charge is 0.293 e. The SMILES string of the molecule is Cc1nnsc1C(=O)Nc1c(C(=O)Nc2ccc(Cl)cc2)oc2ccccc12. The van der Waals surface area contributed by atoms with E-state index in [2.05, 4.69) is 20.2 Å². The maximum atomic E-state index is 12.8. The number of carbonyl (C=O) groups is 2. The zero-order valence-electron chi connectivity index (χ0n) is 14.5. The van der Waals surface area contributed by atoms with Gasteiger partial charge in [0, 0.05) is 16.1 Å². The molecule has 0 bridgehead atoms. The van der Waals surface area contributed by atoms with E-state index in [0.717, 1.165) is 11.5 Å². The van der Waals surface area contributed by atoms with E-state index in [1.54, 1.807) is 55.5 Å². The highest BCUT2D eigenvalue weighted by Gasteiger charge is 2.24. The van der Waals surface area contributed by atoms with Crippen LogP contribution in [-0.4, -0.2) is 21.4 Å². The molecule has 2 aromatic carbocycles. The van der Waals surface area contributed by atoms with Gasteiger partial charge in [-0.3, -0.25) is 9.59 Å². The second kappa shape index (κ2) is 7.41. The molecule has 4 rings (SSSR count). The van der Waals surface area contributed by atoms with Crippen molar-refractivity contribution in [2.24, 2.45) is 0 Å². The average Bonchev–Trinajstić information content (AvgIpc) is 3.27. The van der Waals surface area contributed by atoms with Gasteiger partial charge in [-0.25, -0.2) is 0 Å². The number of anilines is 2. The summed E-state index contributed by atoms with van der Waals surface area (Å²) in [7, 11) is 0. The molecule has 28 heavy (non-hydrogen) atoms. The van der Waals surface area contributed by atoms with E-state index in [0.29, 0.717) is 37.9 Å². The fraction of sp³-hybridized carbons (Fsp3) is 0.0526. The van der Waals surface area contributed by atoms with Gasteiger partial charge in [-0.15, -0.1) is 5.10 Å². The minimum absolute atomic E-state index is 0.000345. The van der Waals surface area contributed by atoms with E-state index in [4.69, 9.17) is 16.0 Å².